The summed E-state index contributed by atoms with van der Waals surface area (Å²) in [6.45, 7) is 0. The molecule has 0 N–H and O–H groups in total. The third-order valence-corrected chi connectivity index (χ3v) is 11.1. The predicted molar refractivity (Wildman–Crippen MR) is 210 cm³/mol. The lowest BCUT2D eigenvalue weighted by Crippen LogP contribution is -1.90. The van der Waals surface area contributed by atoms with Gasteiger partial charge in [0.15, 0.2) is 0 Å². The highest BCUT2D eigenvalue weighted by molar-refractivity contribution is 6.30. The van der Waals surface area contributed by atoms with Crippen molar-refractivity contribution in [3.8, 4) is 22.3 Å². The number of fused-ring (bicyclic) bond motifs is 4. The molecule has 224 valence electrons. The molecule has 0 aliphatic carbocycles. The molecule has 0 unspecified atom stereocenters. The lowest BCUT2D eigenvalue weighted by atomic mass is 9.86. The summed E-state index contributed by atoms with van der Waals surface area (Å²) in [5.41, 5.74) is 6.60. The lowest BCUT2D eigenvalue weighted by molar-refractivity contribution is 0.670. The van der Waals surface area contributed by atoms with Crippen LogP contribution in [0.5, 0.6) is 0 Å². The highest BCUT2D eigenvalue weighted by atomic mass is 16.3. The van der Waals surface area contributed by atoms with E-state index < -0.39 is 0 Å². The number of benzene rings is 11. The lowest BCUT2D eigenvalue weighted by Gasteiger charge is -2.17. The first-order valence-corrected chi connectivity index (χ1v) is 17.0. The topological polar surface area (TPSA) is 13.1 Å². The number of furan rings is 1. The second-order valence-electron chi connectivity index (χ2n) is 13.6. The zero-order chi connectivity index (χ0) is 31.8. The van der Waals surface area contributed by atoms with Crippen LogP contribution in [0.3, 0.4) is 0 Å². The minimum Gasteiger partial charge on any atom is -0.455 e. The van der Waals surface area contributed by atoms with E-state index in [1.54, 1.807) is 0 Å². The fourth-order valence-corrected chi connectivity index (χ4v) is 8.96. The molecule has 0 spiro atoms. The summed E-state index contributed by atoms with van der Waals surface area (Å²) in [7, 11) is 0. The zero-order valence-electron chi connectivity index (χ0n) is 26.4. The largest absolute Gasteiger partial charge is 0.455 e. The highest BCUT2D eigenvalue weighted by Crippen LogP contribution is 2.48. The Bertz CT molecular complexity index is 3310. The van der Waals surface area contributed by atoms with Crippen LogP contribution in [-0.2, 0) is 0 Å². The summed E-state index contributed by atoms with van der Waals surface area (Å²) >= 11 is 0. The van der Waals surface area contributed by atoms with Crippen LogP contribution in [0.2, 0.25) is 0 Å². The van der Waals surface area contributed by atoms with Gasteiger partial charge < -0.3 is 4.42 Å². The monoisotopic (exact) mass is 618 g/mol. The van der Waals surface area contributed by atoms with E-state index in [-0.39, 0.29) is 0 Å². The second kappa shape index (κ2) is 9.13. The third-order valence-electron chi connectivity index (χ3n) is 11.1. The maximum atomic E-state index is 7.04. The van der Waals surface area contributed by atoms with E-state index in [0.29, 0.717) is 0 Å². The zero-order valence-corrected chi connectivity index (χ0v) is 26.4. The van der Waals surface area contributed by atoms with Gasteiger partial charge in [0.2, 0.25) is 0 Å². The van der Waals surface area contributed by atoms with Crippen molar-refractivity contribution in [1.82, 2.24) is 0 Å². The Hall–Kier alpha value is -6.44. The van der Waals surface area contributed by atoms with Gasteiger partial charge in [0.25, 0.3) is 0 Å². The Morgan fingerprint density at radius 3 is 1.53 bits per heavy atom. The molecule has 12 aromatic rings. The van der Waals surface area contributed by atoms with Crippen molar-refractivity contribution in [1.29, 1.82) is 0 Å². The second-order valence-corrected chi connectivity index (χ2v) is 13.6. The molecule has 0 amide bonds. The van der Waals surface area contributed by atoms with E-state index in [2.05, 4.69) is 158 Å². The molecule has 0 bridgehead atoms. The first-order valence-electron chi connectivity index (χ1n) is 17.0. The van der Waals surface area contributed by atoms with Crippen molar-refractivity contribution in [2.75, 3.05) is 0 Å². The van der Waals surface area contributed by atoms with Crippen molar-refractivity contribution in [3.05, 3.63) is 158 Å². The summed E-state index contributed by atoms with van der Waals surface area (Å²) in [5.74, 6) is 0. The van der Waals surface area contributed by atoms with Crippen molar-refractivity contribution < 1.29 is 4.42 Å². The molecule has 1 heteroatoms. The molecule has 1 heterocycles. The normalized spacial score (nSPS) is 12.5. The van der Waals surface area contributed by atoms with Crippen LogP contribution in [0, 0.1) is 0 Å². The van der Waals surface area contributed by atoms with E-state index in [9.17, 15) is 0 Å². The quantitative estimate of drug-likeness (QED) is 0.176. The minimum atomic E-state index is 0.914. The fraction of sp³-hybridized carbons (Fsp3) is 0. The Morgan fingerprint density at radius 1 is 0.265 bits per heavy atom. The van der Waals surface area contributed by atoms with Crippen LogP contribution < -0.4 is 0 Å². The molecule has 0 fully saturated rings. The van der Waals surface area contributed by atoms with Gasteiger partial charge in [-0.2, -0.15) is 0 Å². The fourth-order valence-electron chi connectivity index (χ4n) is 8.96. The summed E-state index contributed by atoms with van der Waals surface area (Å²) < 4.78 is 7.04. The van der Waals surface area contributed by atoms with Crippen molar-refractivity contribution in [2.45, 2.75) is 0 Å². The van der Waals surface area contributed by atoms with Crippen LogP contribution >= 0.6 is 0 Å². The summed E-state index contributed by atoms with van der Waals surface area (Å²) in [6.07, 6.45) is 0. The van der Waals surface area contributed by atoms with Crippen LogP contribution in [0.1, 0.15) is 0 Å². The molecule has 0 atom stereocenters. The SMILES string of the molecule is c1ccc2cc3c(cc2c1)oc1c(-c2ccc4ccc5cccc6ccc2c4c56)ccc(-c2cc4cccc5ccc6cccc2c6c54)c13. The van der Waals surface area contributed by atoms with E-state index in [1.807, 2.05) is 0 Å². The third kappa shape index (κ3) is 3.34. The number of rotatable bonds is 2. The number of hydrogen-bond acceptors (Lipinski definition) is 1. The van der Waals surface area contributed by atoms with E-state index in [4.69, 9.17) is 4.42 Å². The first kappa shape index (κ1) is 25.6. The van der Waals surface area contributed by atoms with Gasteiger partial charge in [-0.05, 0) is 116 Å². The molecule has 0 aliphatic rings. The Kier molecular flexibility index (Phi) is 4.77. The van der Waals surface area contributed by atoms with Gasteiger partial charge in [0.05, 0.1) is 0 Å². The molecule has 1 aromatic heterocycles. The predicted octanol–water partition coefficient (Wildman–Crippen LogP) is 13.9. The van der Waals surface area contributed by atoms with Crippen LogP contribution in [0.15, 0.2) is 162 Å². The van der Waals surface area contributed by atoms with Crippen LogP contribution in [-0.4, -0.2) is 0 Å². The average Bonchev–Trinajstić information content (AvgIpc) is 3.53. The Balaban J connectivity index is 1.24. The average molecular weight is 619 g/mol. The minimum absolute atomic E-state index is 0.914. The van der Waals surface area contributed by atoms with Crippen LogP contribution in [0.25, 0.3) is 120 Å². The molecule has 0 aliphatic heterocycles. The van der Waals surface area contributed by atoms with Gasteiger partial charge in [0, 0.05) is 16.3 Å². The molecular weight excluding hydrogens is 593 g/mol. The standard InChI is InChI=1S/C48H26O/c1-2-7-33-26-42-41(24-32(33)6-1)47-38(40-25-34-12-4-10-28-14-16-30-11-5-13-36(40)45(30)44(28)34)22-23-39(48(47)49-42)35-20-18-31-17-15-27-8-3-9-29-19-21-37(35)46(31)43(27)29/h1-26H. The molecule has 49 heavy (non-hydrogen) atoms. The highest BCUT2D eigenvalue weighted by Gasteiger charge is 2.22. The van der Waals surface area contributed by atoms with Crippen molar-refractivity contribution in [2.24, 2.45) is 0 Å². The Morgan fingerprint density at radius 2 is 0.776 bits per heavy atom. The van der Waals surface area contributed by atoms with E-state index in [1.165, 1.54) is 97.5 Å². The number of hydrogen-bond donors (Lipinski definition) is 0. The first-order chi connectivity index (χ1) is 24.3. The molecule has 0 radical (unpaired) electrons. The summed E-state index contributed by atoms with van der Waals surface area (Å²) in [5, 5.41) is 20.2. The Labute approximate surface area is 280 Å². The van der Waals surface area contributed by atoms with Gasteiger partial charge in [-0.1, -0.05) is 133 Å². The van der Waals surface area contributed by atoms with Crippen LogP contribution in [0.4, 0.5) is 0 Å². The van der Waals surface area contributed by atoms with Gasteiger partial charge >= 0.3 is 0 Å². The summed E-state index contributed by atoms with van der Waals surface area (Å²) in [6, 6.07) is 58.4. The maximum Gasteiger partial charge on any atom is 0.143 e. The van der Waals surface area contributed by atoms with Gasteiger partial charge in [0.1, 0.15) is 11.2 Å². The molecule has 0 saturated heterocycles. The smallest absolute Gasteiger partial charge is 0.143 e. The molecular formula is C48H26O. The molecule has 1 nitrogen and oxygen atoms in total. The van der Waals surface area contributed by atoms with Crippen molar-refractivity contribution in [3.63, 3.8) is 0 Å². The molecule has 12 rings (SSSR count). The molecule has 0 saturated carbocycles. The van der Waals surface area contributed by atoms with E-state index >= 15 is 0 Å². The van der Waals surface area contributed by atoms with E-state index in [0.717, 1.165) is 22.1 Å². The van der Waals surface area contributed by atoms with Crippen molar-refractivity contribution >= 4 is 97.3 Å². The van der Waals surface area contributed by atoms with Gasteiger partial charge in [-0.3, -0.25) is 0 Å². The summed E-state index contributed by atoms with van der Waals surface area (Å²) in [4.78, 5) is 0. The molecule has 11 aromatic carbocycles. The van der Waals surface area contributed by atoms with Gasteiger partial charge in [-0.15, -0.1) is 0 Å². The maximum absolute atomic E-state index is 7.04. The van der Waals surface area contributed by atoms with Gasteiger partial charge in [-0.25, -0.2) is 0 Å².